The second-order valence-electron chi connectivity index (χ2n) is 4.41. The lowest BCUT2D eigenvalue weighted by molar-refractivity contribution is -0.118. The highest BCUT2D eigenvalue weighted by Gasteiger charge is 2.16. The van der Waals surface area contributed by atoms with E-state index in [0.29, 0.717) is 6.42 Å². The summed E-state index contributed by atoms with van der Waals surface area (Å²) in [6.07, 6.45) is 4.69. The number of nitrogens with one attached hydrogen (secondary N) is 1. The first-order chi connectivity index (χ1) is 8.06. The van der Waals surface area contributed by atoms with E-state index in [4.69, 9.17) is 0 Å². The Bertz CT molecular complexity index is 497. The lowest BCUT2D eigenvalue weighted by Crippen LogP contribution is -2.30. The van der Waals surface area contributed by atoms with Gasteiger partial charge in [-0.3, -0.25) is 4.79 Å². The number of carbonyl (C=O) groups excluding carboxylic acids is 1. The van der Waals surface area contributed by atoms with E-state index in [1.54, 1.807) is 11.3 Å². The first kappa shape index (κ1) is 12.0. The summed E-state index contributed by atoms with van der Waals surface area (Å²) in [5, 5.41) is 5.98. The highest BCUT2D eigenvalue weighted by Crippen LogP contribution is 2.27. The summed E-state index contributed by atoms with van der Waals surface area (Å²) in [6.45, 7) is 5.91. The second kappa shape index (κ2) is 4.84. The van der Waals surface area contributed by atoms with Crippen LogP contribution in [0.25, 0.3) is 5.57 Å². The molecule has 17 heavy (non-hydrogen) atoms. The molecule has 1 aliphatic carbocycles. The zero-order chi connectivity index (χ0) is 12.4. The first-order valence-electron chi connectivity index (χ1n) is 5.70. The smallest absolute Gasteiger partial charge is 0.247 e. The van der Waals surface area contributed by atoms with E-state index in [2.05, 4.69) is 16.4 Å². The number of amides is 1. The van der Waals surface area contributed by atoms with E-state index in [1.165, 1.54) is 0 Å². The topological polar surface area (TPSA) is 42.0 Å². The van der Waals surface area contributed by atoms with Crippen LogP contribution in [0, 0.1) is 6.92 Å². The summed E-state index contributed by atoms with van der Waals surface area (Å²) in [5.41, 5.74) is 2.85. The van der Waals surface area contributed by atoms with Crippen LogP contribution < -0.4 is 5.32 Å². The van der Waals surface area contributed by atoms with Crippen LogP contribution in [-0.2, 0) is 4.79 Å². The van der Waals surface area contributed by atoms with E-state index in [9.17, 15) is 4.79 Å². The van der Waals surface area contributed by atoms with Crippen molar-refractivity contribution in [2.24, 2.45) is 0 Å². The Morgan fingerprint density at radius 2 is 2.29 bits per heavy atom. The number of carbonyl (C=O) groups is 1. The van der Waals surface area contributed by atoms with Crippen molar-refractivity contribution in [3.63, 3.8) is 0 Å². The number of nitrogens with zero attached hydrogens (tertiary/aromatic N) is 1. The minimum absolute atomic E-state index is 0.0261. The molecule has 0 bridgehead atoms. The molecule has 4 heteroatoms. The Morgan fingerprint density at radius 3 is 2.88 bits per heavy atom. The highest BCUT2D eigenvalue weighted by molar-refractivity contribution is 7.09. The fourth-order valence-corrected chi connectivity index (χ4v) is 2.34. The average Bonchev–Trinajstić information content (AvgIpc) is 2.84. The molecule has 3 nitrogen and oxygen atoms in total. The highest BCUT2D eigenvalue weighted by atomic mass is 32.1. The number of hydrogen-bond acceptors (Lipinski definition) is 3. The minimum atomic E-state index is 0.0261. The van der Waals surface area contributed by atoms with Crippen LogP contribution in [0.2, 0.25) is 0 Å². The number of thiazole rings is 1. The maximum Gasteiger partial charge on any atom is 0.247 e. The zero-order valence-corrected chi connectivity index (χ0v) is 11.1. The number of hydrogen-bond donors (Lipinski definition) is 1. The van der Waals surface area contributed by atoms with Gasteiger partial charge in [-0.1, -0.05) is 6.08 Å². The lowest BCUT2D eigenvalue weighted by Gasteiger charge is -2.08. The van der Waals surface area contributed by atoms with Crippen LogP contribution in [0.3, 0.4) is 0 Å². The molecule has 1 heterocycles. The van der Waals surface area contributed by atoms with E-state index in [1.807, 2.05) is 32.2 Å². The predicted molar refractivity (Wildman–Crippen MR) is 70.8 cm³/mol. The van der Waals surface area contributed by atoms with Gasteiger partial charge in [0.2, 0.25) is 5.91 Å². The number of rotatable bonds is 3. The van der Waals surface area contributed by atoms with Crippen molar-refractivity contribution in [3.05, 3.63) is 33.8 Å². The molecule has 1 aromatic rings. The molecule has 90 valence electrons. The summed E-state index contributed by atoms with van der Waals surface area (Å²) in [5.74, 6) is 0.0261. The zero-order valence-electron chi connectivity index (χ0n) is 10.3. The molecule has 1 aliphatic rings. The van der Waals surface area contributed by atoms with Crippen LogP contribution in [0.1, 0.15) is 31.0 Å². The van der Waals surface area contributed by atoms with Crippen molar-refractivity contribution in [2.75, 3.05) is 0 Å². The van der Waals surface area contributed by atoms with Gasteiger partial charge in [-0.2, -0.15) is 0 Å². The number of aryl methyl sites for hydroxylation is 1. The van der Waals surface area contributed by atoms with Gasteiger partial charge >= 0.3 is 0 Å². The number of aromatic nitrogens is 1. The number of allylic oxidation sites excluding steroid dienone is 3. The van der Waals surface area contributed by atoms with Gasteiger partial charge < -0.3 is 5.32 Å². The molecule has 0 fully saturated rings. The maximum absolute atomic E-state index is 11.8. The maximum atomic E-state index is 11.8. The molecule has 0 aromatic carbocycles. The van der Waals surface area contributed by atoms with Crippen molar-refractivity contribution in [3.8, 4) is 0 Å². The molecule has 1 N–H and O–H groups in total. The summed E-state index contributed by atoms with van der Waals surface area (Å²) in [6, 6.07) is 0.175. The van der Waals surface area contributed by atoms with Crippen LogP contribution in [0.5, 0.6) is 0 Å². The van der Waals surface area contributed by atoms with E-state index in [0.717, 1.165) is 21.8 Å². The lowest BCUT2D eigenvalue weighted by atomic mass is 10.2. The third-order valence-electron chi connectivity index (χ3n) is 2.50. The molecular weight excluding hydrogens is 232 g/mol. The van der Waals surface area contributed by atoms with Crippen LogP contribution >= 0.6 is 11.3 Å². The molecule has 0 saturated carbocycles. The summed E-state index contributed by atoms with van der Waals surface area (Å²) < 4.78 is 0. The summed E-state index contributed by atoms with van der Waals surface area (Å²) in [7, 11) is 0. The Morgan fingerprint density at radius 1 is 1.53 bits per heavy atom. The Balaban J connectivity index is 2.10. The first-order valence-corrected chi connectivity index (χ1v) is 6.58. The van der Waals surface area contributed by atoms with Crippen molar-refractivity contribution in [1.82, 2.24) is 10.3 Å². The molecule has 0 radical (unpaired) electrons. The van der Waals surface area contributed by atoms with Gasteiger partial charge in [0.1, 0.15) is 0 Å². The Hall–Kier alpha value is -1.42. The van der Waals surface area contributed by atoms with E-state index >= 15 is 0 Å². The molecule has 0 atom stereocenters. The fraction of sp³-hybridized carbons (Fsp3) is 0.385. The van der Waals surface area contributed by atoms with Crippen molar-refractivity contribution in [2.45, 2.75) is 33.2 Å². The van der Waals surface area contributed by atoms with Crippen LogP contribution in [0.4, 0.5) is 0 Å². The van der Waals surface area contributed by atoms with Crippen molar-refractivity contribution in [1.29, 1.82) is 0 Å². The Labute approximate surface area is 105 Å². The SMILES string of the molecule is Cc1nc(C2=CCC(C(=O)NC(C)C)=C2)cs1. The predicted octanol–water partition coefficient (Wildman–Crippen LogP) is 2.69. The van der Waals surface area contributed by atoms with E-state index < -0.39 is 0 Å². The third-order valence-corrected chi connectivity index (χ3v) is 3.27. The molecule has 0 saturated heterocycles. The molecule has 1 amide bonds. The van der Waals surface area contributed by atoms with Crippen LogP contribution in [-0.4, -0.2) is 16.9 Å². The summed E-state index contributed by atoms with van der Waals surface area (Å²) in [4.78, 5) is 16.2. The van der Waals surface area contributed by atoms with Gasteiger partial charge in [-0.15, -0.1) is 11.3 Å². The van der Waals surface area contributed by atoms with Gasteiger partial charge in [-0.25, -0.2) is 4.98 Å². The van der Waals surface area contributed by atoms with Gasteiger partial charge in [0.15, 0.2) is 0 Å². The van der Waals surface area contributed by atoms with Gasteiger partial charge in [-0.05, 0) is 38.8 Å². The molecule has 0 spiro atoms. The third kappa shape index (κ3) is 2.82. The quantitative estimate of drug-likeness (QED) is 0.893. The Kier molecular flexibility index (Phi) is 3.43. The molecule has 0 unspecified atom stereocenters. The minimum Gasteiger partial charge on any atom is -0.350 e. The van der Waals surface area contributed by atoms with Gasteiger partial charge in [0, 0.05) is 17.0 Å². The molecule has 0 aliphatic heterocycles. The van der Waals surface area contributed by atoms with Gasteiger partial charge in [0.05, 0.1) is 10.7 Å². The van der Waals surface area contributed by atoms with Crippen molar-refractivity contribution < 1.29 is 4.79 Å². The average molecular weight is 248 g/mol. The van der Waals surface area contributed by atoms with E-state index in [-0.39, 0.29) is 11.9 Å². The molecule has 2 rings (SSSR count). The van der Waals surface area contributed by atoms with Gasteiger partial charge in [0.25, 0.3) is 0 Å². The van der Waals surface area contributed by atoms with Crippen molar-refractivity contribution >= 4 is 22.8 Å². The fourth-order valence-electron chi connectivity index (χ4n) is 1.71. The molecule has 1 aromatic heterocycles. The largest absolute Gasteiger partial charge is 0.350 e. The summed E-state index contributed by atoms with van der Waals surface area (Å²) >= 11 is 1.63. The molecular formula is C13H16N2OS. The van der Waals surface area contributed by atoms with Crippen LogP contribution in [0.15, 0.2) is 23.1 Å². The normalized spacial score (nSPS) is 14.8. The second-order valence-corrected chi connectivity index (χ2v) is 5.48. The monoisotopic (exact) mass is 248 g/mol. The standard InChI is InChI=1S/C13H16N2OS/c1-8(2)14-13(16)11-5-4-10(6-11)12-7-17-9(3)15-12/h4,6-8H,5H2,1-3H3,(H,14,16).